The van der Waals surface area contributed by atoms with Crippen molar-refractivity contribution in [3.05, 3.63) is 66.1 Å². The predicted molar refractivity (Wildman–Crippen MR) is 103 cm³/mol. The lowest BCUT2D eigenvalue weighted by atomic mass is 9.89. The van der Waals surface area contributed by atoms with E-state index >= 15 is 0 Å². The summed E-state index contributed by atoms with van der Waals surface area (Å²) in [4.78, 5) is 17.6. The van der Waals surface area contributed by atoms with E-state index in [1.165, 1.54) is 6.07 Å². The van der Waals surface area contributed by atoms with Crippen LogP contribution in [0.5, 0.6) is 5.75 Å². The van der Waals surface area contributed by atoms with E-state index in [1.54, 1.807) is 12.1 Å². The van der Waals surface area contributed by atoms with Crippen LogP contribution in [0.2, 0.25) is 0 Å². The highest BCUT2D eigenvalue weighted by molar-refractivity contribution is 5.84. The Labute approximate surface area is 157 Å². The third-order valence-electron chi connectivity index (χ3n) is 5.29. The van der Waals surface area contributed by atoms with Crippen molar-refractivity contribution in [2.75, 3.05) is 19.7 Å². The SMILES string of the molecule is O=C(CCOc1ccccc1)N1CCC(c2c[nH]c3ccc(F)cc23)CC1. The Hall–Kier alpha value is -2.82. The number of likely N-dealkylation sites (tertiary alicyclic amines) is 1. The summed E-state index contributed by atoms with van der Waals surface area (Å²) in [5, 5.41) is 0.955. The molecule has 3 aromatic rings. The second kappa shape index (κ2) is 7.82. The second-order valence-corrected chi connectivity index (χ2v) is 7.00. The second-order valence-electron chi connectivity index (χ2n) is 7.00. The van der Waals surface area contributed by atoms with Gasteiger partial charge in [-0.25, -0.2) is 4.39 Å². The van der Waals surface area contributed by atoms with E-state index in [4.69, 9.17) is 4.74 Å². The lowest BCUT2D eigenvalue weighted by molar-refractivity contribution is -0.132. The van der Waals surface area contributed by atoms with Crippen molar-refractivity contribution in [3.63, 3.8) is 0 Å². The molecule has 0 spiro atoms. The molecule has 4 rings (SSSR count). The van der Waals surface area contributed by atoms with Gasteiger partial charge in [0, 0.05) is 30.2 Å². The largest absolute Gasteiger partial charge is 0.493 e. The molecule has 0 unspecified atom stereocenters. The highest BCUT2D eigenvalue weighted by atomic mass is 19.1. The smallest absolute Gasteiger partial charge is 0.225 e. The minimum Gasteiger partial charge on any atom is -0.493 e. The summed E-state index contributed by atoms with van der Waals surface area (Å²) in [5.74, 6) is 1.06. The highest BCUT2D eigenvalue weighted by Crippen LogP contribution is 2.33. The molecule has 1 saturated heterocycles. The van der Waals surface area contributed by atoms with Crippen LogP contribution in [-0.4, -0.2) is 35.5 Å². The monoisotopic (exact) mass is 366 g/mol. The zero-order valence-electron chi connectivity index (χ0n) is 15.2. The maximum Gasteiger partial charge on any atom is 0.225 e. The van der Waals surface area contributed by atoms with Gasteiger partial charge in [-0.1, -0.05) is 18.2 Å². The summed E-state index contributed by atoms with van der Waals surface area (Å²) in [7, 11) is 0. The highest BCUT2D eigenvalue weighted by Gasteiger charge is 2.25. The Morgan fingerprint density at radius 3 is 2.70 bits per heavy atom. The molecule has 2 aromatic carbocycles. The number of carbonyl (C=O) groups is 1. The first-order valence-electron chi connectivity index (χ1n) is 9.43. The van der Waals surface area contributed by atoms with Gasteiger partial charge < -0.3 is 14.6 Å². The fourth-order valence-electron chi connectivity index (χ4n) is 3.82. The van der Waals surface area contributed by atoms with E-state index in [0.717, 1.165) is 48.1 Å². The number of carbonyl (C=O) groups excluding carboxylic acids is 1. The number of fused-ring (bicyclic) bond motifs is 1. The van der Waals surface area contributed by atoms with Crippen molar-refractivity contribution in [3.8, 4) is 5.75 Å². The molecule has 140 valence electrons. The van der Waals surface area contributed by atoms with Crippen LogP contribution in [0.15, 0.2) is 54.7 Å². The van der Waals surface area contributed by atoms with Gasteiger partial charge >= 0.3 is 0 Å². The number of ether oxygens (including phenoxy) is 1. The minimum absolute atomic E-state index is 0.134. The maximum absolute atomic E-state index is 13.6. The Balaban J connectivity index is 1.30. The van der Waals surface area contributed by atoms with Crippen LogP contribution in [0.4, 0.5) is 4.39 Å². The van der Waals surface area contributed by atoms with Crippen LogP contribution in [-0.2, 0) is 4.79 Å². The Morgan fingerprint density at radius 2 is 1.93 bits per heavy atom. The molecule has 4 nitrogen and oxygen atoms in total. The van der Waals surface area contributed by atoms with E-state index < -0.39 is 0 Å². The molecule has 2 heterocycles. The van der Waals surface area contributed by atoms with Gasteiger partial charge in [0.05, 0.1) is 13.0 Å². The molecular formula is C22H23FN2O2. The standard InChI is InChI=1S/C22H23FN2O2/c23-17-6-7-21-19(14-17)20(15-24-21)16-8-11-25(12-9-16)22(26)10-13-27-18-4-2-1-3-5-18/h1-7,14-16,24H,8-13H2. The number of H-pyrrole nitrogens is 1. The van der Waals surface area contributed by atoms with Crippen molar-refractivity contribution < 1.29 is 13.9 Å². The predicted octanol–water partition coefficient (Wildman–Crippen LogP) is 4.48. The number of amides is 1. The maximum atomic E-state index is 13.6. The number of nitrogens with zero attached hydrogens (tertiary/aromatic N) is 1. The first kappa shape index (κ1) is 17.6. The number of benzene rings is 2. The Morgan fingerprint density at radius 1 is 1.15 bits per heavy atom. The summed E-state index contributed by atoms with van der Waals surface area (Å²) in [6, 6.07) is 14.4. The van der Waals surface area contributed by atoms with Crippen LogP contribution in [0.25, 0.3) is 10.9 Å². The number of hydrogen-bond acceptors (Lipinski definition) is 2. The number of piperidine rings is 1. The van der Waals surface area contributed by atoms with Gasteiger partial charge in [-0.3, -0.25) is 4.79 Å². The van der Waals surface area contributed by atoms with Crippen molar-refractivity contribution >= 4 is 16.8 Å². The molecule has 0 saturated carbocycles. The quantitative estimate of drug-likeness (QED) is 0.723. The van der Waals surface area contributed by atoms with E-state index in [9.17, 15) is 9.18 Å². The van der Waals surface area contributed by atoms with Crippen LogP contribution in [0, 0.1) is 5.82 Å². The van der Waals surface area contributed by atoms with Crippen LogP contribution < -0.4 is 4.74 Å². The Kier molecular flexibility index (Phi) is 5.10. The van der Waals surface area contributed by atoms with E-state index in [0.29, 0.717) is 18.9 Å². The molecule has 1 fully saturated rings. The number of halogens is 1. The van der Waals surface area contributed by atoms with Gasteiger partial charge in [0.25, 0.3) is 0 Å². The van der Waals surface area contributed by atoms with Gasteiger partial charge in [0.15, 0.2) is 0 Å². The lowest BCUT2D eigenvalue weighted by Gasteiger charge is -2.32. The van der Waals surface area contributed by atoms with Crippen LogP contribution in [0.1, 0.15) is 30.7 Å². The van der Waals surface area contributed by atoms with Crippen molar-refractivity contribution in [1.29, 1.82) is 0 Å². The summed E-state index contributed by atoms with van der Waals surface area (Å²) < 4.78 is 19.2. The first-order chi connectivity index (χ1) is 13.2. The molecule has 1 aliphatic heterocycles. The molecule has 0 aliphatic carbocycles. The molecule has 1 amide bonds. The first-order valence-corrected chi connectivity index (χ1v) is 9.43. The zero-order chi connectivity index (χ0) is 18.6. The number of para-hydroxylation sites is 1. The molecule has 27 heavy (non-hydrogen) atoms. The summed E-state index contributed by atoms with van der Waals surface area (Å²) >= 11 is 0. The van der Waals surface area contributed by atoms with Crippen LogP contribution >= 0.6 is 0 Å². The molecular weight excluding hydrogens is 343 g/mol. The van der Waals surface area contributed by atoms with Gasteiger partial charge in [-0.05, 0) is 54.7 Å². The Bertz CT molecular complexity index is 914. The van der Waals surface area contributed by atoms with Gasteiger partial charge in [0.1, 0.15) is 11.6 Å². The number of rotatable bonds is 5. The zero-order valence-corrected chi connectivity index (χ0v) is 15.2. The molecule has 1 N–H and O–H groups in total. The van der Waals surface area contributed by atoms with Gasteiger partial charge in [-0.15, -0.1) is 0 Å². The third-order valence-corrected chi connectivity index (χ3v) is 5.29. The average molecular weight is 366 g/mol. The van der Waals surface area contributed by atoms with E-state index in [-0.39, 0.29) is 11.7 Å². The molecule has 1 aromatic heterocycles. The van der Waals surface area contributed by atoms with Crippen molar-refractivity contribution in [2.45, 2.75) is 25.2 Å². The normalized spacial score (nSPS) is 15.2. The van der Waals surface area contributed by atoms with Gasteiger partial charge in [-0.2, -0.15) is 0 Å². The fourth-order valence-corrected chi connectivity index (χ4v) is 3.82. The molecule has 0 atom stereocenters. The number of aromatic nitrogens is 1. The third kappa shape index (κ3) is 3.97. The molecule has 0 bridgehead atoms. The molecule has 0 radical (unpaired) electrons. The van der Waals surface area contributed by atoms with Crippen molar-refractivity contribution in [2.24, 2.45) is 0 Å². The summed E-state index contributed by atoms with van der Waals surface area (Å²) in [6.07, 6.45) is 4.17. The van der Waals surface area contributed by atoms with Crippen LogP contribution in [0.3, 0.4) is 0 Å². The number of aromatic amines is 1. The summed E-state index contributed by atoms with van der Waals surface area (Å²) in [6.45, 7) is 1.86. The fraction of sp³-hybridized carbons (Fsp3) is 0.318. The molecule has 5 heteroatoms. The topological polar surface area (TPSA) is 45.3 Å². The number of nitrogens with one attached hydrogen (secondary N) is 1. The molecule has 1 aliphatic rings. The van der Waals surface area contributed by atoms with Crippen molar-refractivity contribution in [1.82, 2.24) is 9.88 Å². The number of hydrogen-bond donors (Lipinski definition) is 1. The lowest BCUT2D eigenvalue weighted by Crippen LogP contribution is -2.38. The van der Waals surface area contributed by atoms with E-state index in [2.05, 4.69) is 4.98 Å². The summed E-state index contributed by atoms with van der Waals surface area (Å²) in [5.41, 5.74) is 2.12. The van der Waals surface area contributed by atoms with Gasteiger partial charge in [0.2, 0.25) is 5.91 Å². The van der Waals surface area contributed by atoms with E-state index in [1.807, 2.05) is 41.4 Å². The average Bonchev–Trinajstić information content (AvgIpc) is 3.12. The minimum atomic E-state index is -0.214.